The second-order valence-corrected chi connectivity index (χ2v) is 8.70. The van der Waals surface area contributed by atoms with Gasteiger partial charge in [-0.3, -0.25) is 0 Å². The summed E-state index contributed by atoms with van der Waals surface area (Å²) in [4.78, 5) is 8.96. The van der Waals surface area contributed by atoms with E-state index in [-0.39, 0.29) is 0 Å². The van der Waals surface area contributed by atoms with E-state index >= 15 is 0 Å². The van der Waals surface area contributed by atoms with E-state index in [1.54, 1.807) is 12.4 Å². The Kier molecular flexibility index (Phi) is 15.0. The Morgan fingerprint density at radius 1 is 0.727 bits per heavy atom. The molecule has 0 unspecified atom stereocenters. The maximum Gasteiger partial charge on any atom is 0.159 e. The molecule has 33 heavy (non-hydrogen) atoms. The molecule has 1 aromatic carbocycles. The Hall–Kier alpha value is -2.20. The van der Waals surface area contributed by atoms with Crippen LogP contribution in [0.3, 0.4) is 0 Å². The minimum absolute atomic E-state index is 0.568. The minimum atomic E-state index is 0.568. The molecule has 4 nitrogen and oxygen atoms in total. The molecule has 2 aromatic rings. The van der Waals surface area contributed by atoms with Gasteiger partial charge in [0.15, 0.2) is 11.6 Å². The number of nitrogens with zero attached hydrogens (tertiary/aromatic N) is 2. The zero-order valence-electron chi connectivity index (χ0n) is 20.9. The molecule has 2 rings (SSSR count). The van der Waals surface area contributed by atoms with E-state index < -0.39 is 0 Å². The van der Waals surface area contributed by atoms with E-state index in [1.807, 2.05) is 0 Å². The van der Waals surface area contributed by atoms with E-state index in [1.165, 1.54) is 63.4 Å². The molecule has 0 bridgehead atoms. The number of unbranched alkanes of at least 4 members (excludes halogenated alkanes) is 8. The Balaban J connectivity index is 1.62. The van der Waals surface area contributed by atoms with Crippen molar-refractivity contribution in [3.63, 3.8) is 0 Å². The average molecular weight is 453 g/mol. The summed E-state index contributed by atoms with van der Waals surface area (Å²) in [7, 11) is 0. The van der Waals surface area contributed by atoms with Crippen molar-refractivity contribution in [3.05, 3.63) is 54.4 Å². The standard InChI is InChI=1S/C29H44N2O2/c1-3-5-6-7-8-9-11-15-23-33-28-24-30-29(31-25-28)27-19-17-26(18-20-27)16-13-10-12-14-22-32-21-4-2/h11,15,17-20,24-25H,3-10,12-14,16,21-23H2,1-2H3/b15-11+. The highest BCUT2D eigenvalue weighted by Gasteiger charge is 2.03. The first kappa shape index (κ1) is 27.0. The number of aromatic nitrogens is 2. The van der Waals surface area contributed by atoms with Crippen LogP contribution in [0.15, 0.2) is 48.8 Å². The lowest BCUT2D eigenvalue weighted by Gasteiger charge is -2.06. The fourth-order valence-corrected chi connectivity index (χ4v) is 3.69. The molecule has 0 amide bonds. The van der Waals surface area contributed by atoms with E-state index in [0.717, 1.165) is 43.9 Å². The third kappa shape index (κ3) is 12.6. The highest BCUT2D eigenvalue weighted by molar-refractivity contribution is 5.55. The van der Waals surface area contributed by atoms with Crippen molar-refractivity contribution in [2.45, 2.75) is 90.9 Å². The highest BCUT2D eigenvalue weighted by Crippen LogP contribution is 2.18. The molecule has 0 aliphatic heterocycles. The molecular weight excluding hydrogens is 408 g/mol. The quantitative estimate of drug-likeness (QED) is 0.160. The van der Waals surface area contributed by atoms with Gasteiger partial charge in [0.1, 0.15) is 6.61 Å². The molecule has 0 saturated heterocycles. The van der Waals surface area contributed by atoms with Crippen LogP contribution in [0.25, 0.3) is 11.4 Å². The topological polar surface area (TPSA) is 44.2 Å². The maximum absolute atomic E-state index is 5.73. The molecule has 0 spiro atoms. The summed E-state index contributed by atoms with van der Waals surface area (Å²) in [5.74, 6) is 1.45. The Labute approximate surface area is 201 Å². The number of aryl methyl sites for hydroxylation is 1. The van der Waals surface area contributed by atoms with Crippen LogP contribution in [0.5, 0.6) is 5.75 Å². The molecule has 0 N–H and O–H groups in total. The second-order valence-electron chi connectivity index (χ2n) is 8.70. The van der Waals surface area contributed by atoms with Crippen LogP contribution in [-0.2, 0) is 11.2 Å². The van der Waals surface area contributed by atoms with Crippen molar-refractivity contribution < 1.29 is 9.47 Å². The average Bonchev–Trinajstić information content (AvgIpc) is 2.85. The van der Waals surface area contributed by atoms with E-state index in [4.69, 9.17) is 9.47 Å². The van der Waals surface area contributed by atoms with Gasteiger partial charge in [-0.1, -0.05) is 88.8 Å². The lowest BCUT2D eigenvalue weighted by atomic mass is 10.0. The van der Waals surface area contributed by atoms with Gasteiger partial charge in [0, 0.05) is 18.8 Å². The van der Waals surface area contributed by atoms with Crippen LogP contribution >= 0.6 is 0 Å². The molecule has 1 aromatic heterocycles. The lowest BCUT2D eigenvalue weighted by Crippen LogP contribution is -1.96. The van der Waals surface area contributed by atoms with Crippen LogP contribution in [0.1, 0.15) is 90.0 Å². The number of hydrogen-bond acceptors (Lipinski definition) is 4. The molecule has 0 saturated carbocycles. The van der Waals surface area contributed by atoms with Crippen LogP contribution in [0.4, 0.5) is 0 Å². The Morgan fingerprint density at radius 2 is 1.45 bits per heavy atom. The van der Waals surface area contributed by atoms with Gasteiger partial charge in [-0.05, 0) is 44.1 Å². The van der Waals surface area contributed by atoms with E-state index in [9.17, 15) is 0 Å². The maximum atomic E-state index is 5.73. The van der Waals surface area contributed by atoms with Gasteiger partial charge >= 0.3 is 0 Å². The van der Waals surface area contributed by atoms with Crippen molar-refractivity contribution in [3.8, 4) is 17.1 Å². The summed E-state index contributed by atoms with van der Waals surface area (Å²) in [6.07, 6.45) is 22.7. The summed E-state index contributed by atoms with van der Waals surface area (Å²) >= 11 is 0. The Morgan fingerprint density at radius 3 is 2.21 bits per heavy atom. The SMILES string of the molecule is CCCCCCC/C=C/COc1cnc(-c2ccc(CCCCCCOCCC)cc2)nc1. The molecule has 0 atom stereocenters. The van der Waals surface area contributed by atoms with Crippen LogP contribution in [0, 0.1) is 0 Å². The monoisotopic (exact) mass is 452 g/mol. The smallest absolute Gasteiger partial charge is 0.159 e. The van der Waals surface area contributed by atoms with Crippen molar-refractivity contribution in [1.82, 2.24) is 9.97 Å². The van der Waals surface area contributed by atoms with Crippen molar-refractivity contribution in [1.29, 1.82) is 0 Å². The predicted molar refractivity (Wildman–Crippen MR) is 139 cm³/mol. The van der Waals surface area contributed by atoms with Gasteiger partial charge in [-0.2, -0.15) is 0 Å². The van der Waals surface area contributed by atoms with Crippen molar-refractivity contribution >= 4 is 0 Å². The largest absolute Gasteiger partial charge is 0.486 e. The Bertz CT molecular complexity index is 741. The normalized spacial score (nSPS) is 11.3. The molecule has 0 radical (unpaired) electrons. The first-order valence-corrected chi connectivity index (χ1v) is 13.1. The third-order valence-electron chi connectivity index (χ3n) is 5.68. The summed E-state index contributed by atoms with van der Waals surface area (Å²) < 4.78 is 11.3. The lowest BCUT2D eigenvalue weighted by molar-refractivity contribution is 0.130. The zero-order chi connectivity index (χ0) is 23.4. The highest BCUT2D eigenvalue weighted by atomic mass is 16.5. The molecule has 0 aliphatic carbocycles. The van der Waals surface area contributed by atoms with E-state index in [0.29, 0.717) is 12.4 Å². The number of hydrogen-bond donors (Lipinski definition) is 0. The molecule has 0 fully saturated rings. The van der Waals surface area contributed by atoms with Gasteiger partial charge in [0.05, 0.1) is 12.4 Å². The minimum Gasteiger partial charge on any atom is -0.486 e. The summed E-state index contributed by atoms with van der Waals surface area (Å²) in [6.45, 7) is 6.76. The number of benzene rings is 1. The fourth-order valence-electron chi connectivity index (χ4n) is 3.69. The van der Waals surface area contributed by atoms with Crippen LogP contribution in [-0.4, -0.2) is 29.8 Å². The molecule has 0 aliphatic rings. The molecular formula is C29H44N2O2. The van der Waals surface area contributed by atoms with Gasteiger partial charge in [-0.15, -0.1) is 0 Å². The summed E-state index contributed by atoms with van der Waals surface area (Å²) in [5.41, 5.74) is 2.42. The molecule has 1 heterocycles. The molecule has 4 heteroatoms. The van der Waals surface area contributed by atoms with Gasteiger partial charge in [0.25, 0.3) is 0 Å². The third-order valence-corrected chi connectivity index (χ3v) is 5.68. The molecule has 182 valence electrons. The van der Waals surface area contributed by atoms with Crippen LogP contribution in [0.2, 0.25) is 0 Å². The summed E-state index contributed by atoms with van der Waals surface area (Å²) in [5, 5.41) is 0. The summed E-state index contributed by atoms with van der Waals surface area (Å²) in [6, 6.07) is 8.63. The first-order chi connectivity index (χ1) is 16.3. The first-order valence-electron chi connectivity index (χ1n) is 13.1. The zero-order valence-corrected chi connectivity index (χ0v) is 20.9. The van der Waals surface area contributed by atoms with Gasteiger partial charge in [0.2, 0.25) is 0 Å². The van der Waals surface area contributed by atoms with E-state index in [2.05, 4.69) is 60.2 Å². The number of allylic oxidation sites excluding steroid dienone is 1. The fraction of sp³-hybridized carbons (Fsp3) is 0.586. The number of rotatable bonds is 19. The predicted octanol–water partition coefficient (Wildman–Crippen LogP) is 7.97. The number of ether oxygens (including phenoxy) is 2. The van der Waals surface area contributed by atoms with Crippen LogP contribution < -0.4 is 4.74 Å². The van der Waals surface area contributed by atoms with Gasteiger partial charge < -0.3 is 9.47 Å². The van der Waals surface area contributed by atoms with Gasteiger partial charge in [-0.25, -0.2) is 9.97 Å². The van der Waals surface area contributed by atoms with Crippen molar-refractivity contribution in [2.75, 3.05) is 19.8 Å². The van der Waals surface area contributed by atoms with Crippen molar-refractivity contribution in [2.24, 2.45) is 0 Å². The second kappa shape index (κ2) is 18.3.